The number of carbonyl (C=O) groups is 1. The molecule has 0 aromatic carbocycles. The van der Waals surface area contributed by atoms with Crippen molar-refractivity contribution in [2.24, 2.45) is 17.8 Å². The van der Waals surface area contributed by atoms with Gasteiger partial charge in [0.2, 0.25) is 0 Å². The zero-order valence-electron chi connectivity index (χ0n) is 14.2. The number of hydrogen-bond acceptors (Lipinski definition) is 1. The fraction of sp³-hybridized carbons (Fsp3) is 0.944. The zero-order chi connectivity index (χ0) is 15.4. The fourth-order valence-corrected chi connectivity index (χ4v) is 2.84. The van der Waals surface area contributed by atoms with Crippen molar-refractivity contribution in [2.75, 3.05) is 0 Å². The molecule has 2 unspecified atom stereocenters. The molecule has 0 aliphatic carbocycles. The van der Waals surface area contributed by atoms with Crippen LogP contribution in [0.15, 0.2) is 0 Å². The number of unbranched alkanes of at least 4 members (excludes halogenated alkanes) is 7. The van der Waals surface area contributed by atoms with Crippen molar-refractivity contribution in [3.8, 4) is 0 Å². The number of carboxylic acid groups (broad SMARTS) is 1. The van der Waals surface area contributed by atoms with Crippen LogP contribution in [0.4, 0.5) is 0 Å². The smallest absolute Gasteiger partial charge is 0.306 e. The second kappa shape index (κ2) is 12.2. The third kappa shape index (κ3) is 10.3. The van der Waals surface area contributed by atoms with E-state index in [1.807, 2.05) is 13.8 Å². The number of carboxylic acids is 1. The minimum absolute atomic E-state index is 0.168. The van der Waals surface area contributed by atoms with E-state index in [9.17, 15) is 9.90 Å². The Labute approximate surface area is 126 Å². The van der Waals surface area contributed by atoms with Gasteiger partial charge in [-0.15, -0.1) is 0 Å². The SMILES string of the molecule is CCCCCCCCCCC(C)CC(C(=O)O)C(C)C. The van der Waals surface area contributed by atoms with E-state index in [0.29, 0.717) is 5.92 Å². The molecular formula is C18H36O2. The monoisotopic (exact) mass is 284 g/mol. The van der Waals surface area contributed by atoms with E-state index in [0.717, 1.165) is 6.42 Å². The molecule has 120 valence electrons. The molecule has 0 aliphatic rings. The maximum Gasteiger partial charge on any atom is 0.306 e. The average Bonchev–Trinajstić information content (AvgIpc) is 2.38. The lowest BCUT2D eigenvalue weighted by molar-refractivity contribution is -0.144. The summed E-state index contributed by atoms with van der Waals surface area (Å²) in [6, 6.07) is 0. The van der Waals surface area contributed by atoms with Gasteiger partial charge in [-0.2, -0.15) is 0 Å². The van der Waals surface area contributed by atoms with Gasteiger partial charge in [0.1, 0.15) is 0 Å². The van der Waals surface area contributed by atoms with Crippen LogP contribution in [0.25, 0.3) is 0 Å². The largest absolute Gasteiger partial charge is 0.481 e. The van der Waals surface area contributed by atoms with Crippen molar-refractivity contribution < 1.29 is 9.90 Å². The molecule has 0 saturated carbocycles. The van der Waals surface area contributed by atoms with E-state index in [1.165, 1.54) is 57.8 Å². The molecular weight excluding hydrogens is 248 g/mol. The van der Waals surface area contributed by atoms with Crippen molar-refractivity contribution in [1.82, 2.24) is 0 Å². The normalized spacial score (nSPS) is 14.4. The topological polar surface area (TPSA) is 37.3 Å². The first kappa shape index (κ1) is 19.5. The molecule has 20 heavy (non-hydrogen) atoms. The third-order valence-electron chi connectivity index (χ3n) is 4.33. The highest BCUT2D eigenvalue weighted by atomic mass is 16.4. The molecule has 0 fully saturated rings. The van der Waals surface area contributed by atoms with Crippen molar-refractivity contribution >= 4 is 5.97 Å². The van der Waals surface area contributed by atoms with Gasteiger partial charge in [-0.25, -0.2) is 0 Å². The van der Waals surface area contributed by atoms with E-state index in [-0.39, 0.29) is 11.8 Å². The van der Waals surface area contributed by atoms with Crippen LogP contribution in [-0.2, 0) is 4.79 Å². The Balaban J connectivity index is 3.57. The number of aliphatic carboxylic acids is 1. The van der Waals surface area contributed by atoms with E-state index in [4.69, 9.17) is 0 Å². The molecule has 2 atom stereocenters. The van der Waals surface area contributed by atoms with Crippen molar-refractivity contribution in [3.05, 3.63) is 0 Å². The van der Waals surface area contributed by atoms with Crippen molar-refractivity contribution in [1.29, 1.82) is 0 Å². The highest BCUT2D eigenvalue weighted by molar-refractivity contribution is 5.70. The van der Waals surface area contributed by atoms with Crippen LogP contribution in [0.5, 0.6) is 0 Å². The van der Waals surface area contributed by atoms with E-state index in [1.54, 1.807) is 0 Å². The Bertz CT molecular complexity index is 236. The van der Waals surface area contributed by atoms with E-state index < -0.39 is 5.97 Å². The van der Waals surface area contributed by atoms with E-state index >= 15 is 0 Å². The summed E-state index contributed by atoms with van der Waals surface area (Å²) in [4.78, 5) is 11.2. The predicted molar refractivity (Wildman–Crippen MR) is 87.0 cm³/mol. The maximum absolute atomic E-state index is 11.2. The molecule has 0 rings (SSSR count). The quantitative estimate of drug-likeness (QED) is 0.427. The van der Waals surface area contributed by atoms with Crippen LogP contribution in [0.3, 0.4) is 0 Å². The first-order chi connectivity index (χ1) is 9.49. The average molecular weight is 284 g/mol. The Morgan fingerprint density at radius 2 is 1.40 bits per heavy atom. The van der Waals surface area contributed by atoms with Crippen molar-refractivity contribution in [2.45, 2.75) is 91.9 Å². The van der Waals surface area contributed by atoms with Crippen LogP contribution < -0.4 is 0 Å². The Morgan fingerprint density at radius 1 is 0.900 bits per heavy atom. The van der Waals surface area contributed by atoms with E-state index in [2.05, 4.69) is 13.8 Å². The van der Waals surface area contributed by atoms with Gasteiger partial charge in [-0.1, -0.05) is 85.5 Å². The van der Waals surface area contributed by atoms with Gasteiger partial charge < -0.3 is 5.11 Å². The molecule has 0 amide bonds. The van der Waals surface area contributed by atoms with Gasteiger partial charge in [0.25, 0.3) is 0 Å². The van der Waals surface area contributed by atoms with Gasteiger partial charge in [0.15, 0.2) is 0 Å². The zero-order valence-corrected chi connectivity index (χ0v) is 14.2. The number of hydrogen-bond donors (Lipinski definition) is 1. The van der Waals surface area contributed by atoms with Gasteiger partial charge in [-0.3, -0.25) is 4.79 Å². The standard InChI is InChI=1S/C18H36O2/c1-5-6-7-8-9-10-11-12-13-16(4)14-17(15(2)3)18(19)20/h15-17H,5-14H2,1-4H3,(H,19,20). The Hall–Kier alpha value is -0.530. The van der Waals surface area contributed by atoms with Gasteiger partial charge in [0.05, 0.1) is 5.92 Å². The summed E-state index contributed by atoms with van der Waals surface area (Å²) in [5.41, 5.74) is 0. The lowest BCUT2D eigenvalue weighted by Crippen LogP contribution is -2.22. The molecule has 0 bridgehead atoms. The summed E-state index contributed by atoms with van der Waals surface area (Å²) in [6.07, 6.45) is 12.8. The van der Waals surface area contributed by atoms with Gasteiger partial charge in [0, 0.05) is 0 Å². The van der Waals surface area contributed by atoms with Crippen molar-refractivity contribution in [3.63, 3.8) is 0 Å². The summed E-state index contributed by atoms with van der Waals surface area (Å²) >= 11 is 0. The first-order valence-corrected chi connectivity index (χ1v) is 8.71. The fourth-order valence-electron chi connectivity index (χ4n) is 2.84. The Morgan fingerprint density at radius 3 is 1.85 bits per heavy atom. The first-order valence-electron chi connectivity index (χ1n) is 8.71. The molecule has 0 aromatic rings. The summed E-state index contributed by atoms with van der Waals surface area (Å²) < 4.78 is 0. The molecule has 0 heterocycles. The highest BCUT2D eigenvalue weighted by Crippen LogP contribution is 2.24. The predicted octanol–water partition coefficient (Wildman–Crippen LogP) is 5.90. The summed E-state index contributed by atoms with van der Waals surface area (Å²) in [5, 5.41) is 9.20. The Kier molecular flexibility index (Phi) is 11.9. The summed E-state index contributed by atoms with van der Waals surface area (Å²) in [6.45, 7) is 8.49. The highest BCUT2D eigenvalue weighted by Gasteiger charge is 2.23. The molecule has 2 heteroatoms. The third-order valence-corrected chi connectivity index (χ3v) is 4.33. The van der Waals surface area contributed by atoms with Crippen LogP contribution in [0.2, 0.25) is 0 Å². The molecule has 0 aromatic heterocycles. The van der Waals surface area contributed by atoms with Crippen LogP contribution in [-0.4, -0.2) is 11.1 Å². The summed E-state index contributed by atoms with van der Waals surface area (Å²) in [7, 11) is 0. The van der Waals surface area contributed by atoms with Gasteiger partial charge in [-0.05, 0) is 18.3 Å². The second-order valence-electron chi connectivity index (χ2n) is 6.79. The summed E-state index contributed by atoms with van der Waals surface area (Å²) in [5.74, 6) is -0.00562. The lowest BCUT2D eigenvalue weighted by Gasteiger charge is -2.20. The van der Waals surface area contributed by atoms with Gasteiger partial charge >= 0.3 is 5.97 Å². The number of rotatable bonds is 13. The molecule has 0 spiro atoms. The minimum Gasteiger partial charge on any atom is -0.481 e. The second-order valence-corrected chi connectivity index (χ2v) is 6.79. The molecule has 2 nitrogen and oxygen atoms in total. The van der Waals surface area contributed by atoms with Crippen LogP contribution in [0.1, 0.15) is 91.9 Å². The van der Waals surface area contributed by atoms with Crippen LogP contribution in [0, 0.1) is 17.8 Å². The molecule has 0 aliphatic heterocycles. The molecule has 0 saturated heterocycles. The minimum atomic E-state index is -0.622. The lowest BCUT2D eigenvalue weighted by atomic mass is 9.85. The van der Waals surface area contributed by atoms with Crippen LogP contribution >= 0.6 is 0 Å². The maximum atomic E-state index is 11.2. The molecule has 1 N–H and O–H groups in total. The molecule has 0 radical (unpaired) electrons.